The van der Waals surface area contributed by atoms with E-state index in [-0.39, 0.29) is 17.3 Å². The van der Waals surface area contributed by atoms with Crippen molar-refractivity contribution in [3.63, 3.8) is 0 Å². The first-order valence-corrected chi connectivity index (χ1v) is 10.9. The van der Waals surface area contributed by atoms with Crippen LogP contribution in [0.4, 0.5) is 5.82 Å². The van der Waals surface area contributed by atoms with E-state index >= 15 is 0 Å². The third-order valence-electron chi connectivity index (χ3n) is 4.42. The molecule has 2 heterocycles. The van der Waals surface area contributed by atoms with Crippen molar-refractivity contribution in [3.8, 4) is 5.82 Å². The summed E-state index contributed by atoms with van der Waals surface area (Å²) < 4.78 is 6.02. The number of aromatic nitrogens is 5. The molecule has 0 aliphatic heterocycles. The number of amides is 1. The second-order valence-electron chi connectivity index (χ2n) is 6.87. The van der Waals surface area contributed by atoms with Gasteiger partial charge in [0, 0.05) is 10.6 Å². The quantitative estimate of drug-likeness (QED) is 0.232. The summed E-state index contributed by atoms with van der Waals surface area (Å²) in [5.41, 5.74) is 10.8. The van der Waals surface area contributed by atoms with Crippen molar-refractivity contribution in [2.45, 2.75) is 17.6 Å². The van der Waals surface area contributed by atoms with E-state index in [0.29, 0.717) is 11.4 Å². The summed E-state index contributed by atoms with van der Waals surface area (Å²) in [5, 5.41) is 19.5. The molecule has 166 valence electrons. The Hall–Kier alpha value is -4.25. The number of thioether (sulfide) groups is 1. The van der Waals surface area contributed by atoms with E-state index in [9.17, 15) is 4.79 Å². The number of hydrogen-bond donors (Lipinski definition) is 2. The third kappa shape index (κ3) is 5.52. The topological polar surface area (TPSA) is 137 Å². The highest BCUT2D eigenvalue weighted by molar-refractivity contribution is 7.98. The van der Waals surface area contributed by atoms with Crippen molar-refractivity contribution < 1.29 is 9.42 Å². The van der Waals surface area contributed by atoms with E-state index in [4.69, 9.17) is 5.73 Å². The van der Waals surface area contributed by atoms with Gasteiger partial charge in [-0.25, -0.2) is 10.1 Å². The molecule has 4 rings (SSSR count). The first kappa shape index (κ1) is 22.0. The Kier molecular flexibility index (Phi) is 6.90. The first-order chi connectivity index (χ1) is 16.1. The molecular weight excluding hydrogens is 440 g/mol. The van der Waals surface area contributed by atoms with Crippen LogP contribution in [0.3, 0.4) is 0 Å². The van der Waals surface area contributed by atoms with Gasteiger partial charge in [-0.3, -0.25) is 4.79 Å². The largest absolute Gasteiger partial charge is 0.378 e. The molecule has 11 heteroatoms. The van der Waals surface area contributed by atoms with Crippen LogP contribution in [0.1, 0.15) is 28.7 Å². The number of hydrazone groups is 1. The zero-order valence-corrected chi connectivity index (χ0v) is 18.4. The van der Waals surface area contributed by atoms with Gasteiger partial charge in [-0.15, -0.1) is 16.9 Å². The fraction of sp³-hybridized carbons (Fsp3) is 0.0909. The molecule has 33 heavy (non-hydrogen) atoms. The third-order valence-corrected chi connectivity index (χ3v) is 5.44. The van der Waals surface area contributed by atoms with E-state index in [1.165, 1.54) is 16.4 Å². The van der Waals surface area contributed by atoms with Crippen LogP contribution in [0.15, 0.2) is 80.9 Å². The molecule has 0 spiro atoms. The van der Waals surface area contributed by atoms with Crippen LogP contribution in [-0.2, 0) is 5.75 Å². The van der Waals surface area contributed by atoms with E-state index in [0.717, 1.165) is 16.0 Å². The highest BCUT2D eigenvalue weighted by Gasteiger charge is 2.23. The minimum absolute atomic E-state index is 0.0394. The number of nitrogen functional groups attached to an aromatic ring is 1. The summed E-state index contributed by atoms with van der Waals surface area (Å²) in [6, 6.07) is 19.6. The second-order valence-corrected chi connectivity index (χ2v) is 7.92. The first-order valence-electron chi connectivity index (χ1n) is 9.89. The maximum atomic E-state index is 12.8. The molecule has 0 bridgehead atoms. The normalized spacial score (nSPS) is 11.7. The maximum absolute atomic E-state index is 12.8. The Morgan fingerprint density at radius 3 is 2.58 bits per heavy atom. The summed E-state index contributed by atoms with van der Waals surface area (Å²) in [5.74, 6) is 0.0690. The minimum atomic E-state index is -0.510. The average molecular weight is 461 g/mol. The Labute approximate surface area is 193 Å². The lowest BCUT2D eigenvalue weighted by atomic mass is 10.1. The van der Waals surface area contributed by atoms with Crippen molar-refractivity contribution >= 4 is 35.8 Å². The summed E-state index contributed by atoms with van der Waals surface area (Å²) in [4.78, 5) is 13.8. The highest BCUT2D eigenvalue weighted by Crippen LogP contribution is 2.25. The number of nitrogens with two attached hydrogens (primary N) is 1. The maximum Gasteiger partial charge on any atom is 0.293 e. The van der Waals surface area contributed by atoms with Crippen molar-refractivity contribution in [3.05, 3.63) is 83.2 Å². The van der Waals surface area contributed by atoms with Crippen LogP contribution >= 0.6 is 11.8 Å². The van der Waals surface area contributed by atoms with Gasteiger partial charge in [0.2, 0.25) is 11.6 Å². The lowest BCUT2D eigenvalue weighted by Gasteiger charge is -2.05. The van der Waals surface area contributed by atoms with Gasteiger partial charge in [-0.05, 0) is 40.5 Å². The predicted molar refractivity (Wildman–Crippen MR) is 126 cm³/mol. The molecule has 0 unspecified atom stereocenters. The molecule has 10 nitrogen and oxygen atoms in total. The molecule has 0 atom stereocenters. The van der Waals surface area contributed by atoms with E-state index in [1.54, 1.807) is 6.21 Å². The Morgan fingerprint density at radius 1 is 1.15 bits per heavy atom. The number of carbonyl (C=O) groups excluding carboxylic acids is 1. The molecule has 2 aromatic carbocycles. The predicted octanol–water partition coefficient (Wildman–Crippen LogP) is 3.34. The summed E-state index contributed by atoms with van der Waals surface area (Å²) in [6.07, 6.45) is 3.52. The van der Waals surface area contributed by atoms with Gasteiger partial charge in [-0.2, -0.15) is 9.78 Å². The Balaban J connectivity index is 1.53. The molecule has 0 aliphatic rings. The smallest absolute Gasteiger partial charge is 0.293 e. The lowest BCUT2D eigenvalue weighted by Crippen LogP contribution is -2.20. The number of carbonyl (C=O) groups is 1. The van der Waals surface area contributed by atoms with Gasteiger partial charge < -0.3 is 5.73 Å². The number of nitrogens with zero attached hydrogens (tertiary/aromatic N) is 6. The summed E-state index contributed by atoms with van der Waals surface area (Å²) in [7, 11) is 0. The van der Waals surface area contributed by atoms with Crippen LogP contribution < -0.4 is 11.2 Å². The van der Waals surface area contributed by atoms with Gasteiger partial charge in [0.05, 0.1) is 11.9 Å². The number of rotatable bonds is 8. The second kappa shape index (κ2) is 10.4. The Morgan fingerprint density at radius 2 is 1.88 bits per heavy atom. The van der Waals surface area contributed by atoms with Gasteiger partial charge in [-0.1, -0.05) is 59.8 Å². The monoisotopic (exact) mass is 460 g/mol. The molecule has 0 saturated carbocycles. The van der Waals surface area contributed by atoms with Gasteiger partial charge in [0.1, 0.15) is 0 Å². The highest BCUT2D eigenvalue weighted by atomic mass is 32.2. The molecule has 0 aliphatic carbocycles. The standard InChI is InChI=1S/C22H20N8O2S/c1-15(12-16-8-4-2-5-9-16)13-24-26-22(31)19-18(14-33-17-10-6-3-7-11-17)30(29-25-19)21-20(23)27-32-28-21/h2-13H,14H2,1H3,(H2,23,27)(H,26,31)/b15-12+,24-13+. The van der Waals surface area contributed by atoms with Gasteiger partial charge >= 0.3 is 0 Å². The van der Waals surface area contributed by atoms with E-state index in [1.807, 2.05) is 73.7 Å². The molecule has 3 N–H and O–H groups in total. The fourth-order valence-corrected chi connectivity index (χ4v) is 3.79. The van der Waals surface area contributed by atoms with E-state index in [2.05, 4.69) is 35.8 Å². The number of benzene rings is 2. The molecule has 4 aromatic rings. The van der Waals surface area contributed by atoms with Crippen molar-refractivity contribution in [1.82, 2.24) is 30.7 Å². The Bertz CT molecular complexity index is 1280. The van der Waals surface area contributed by atoms with Crippen LogP contribution in [0, 0.1) is 0 Å². The number of anilines is 1. The number of nitrogens with one attached hydrogen (secondary N) is 1. The molecular formula is C22H20N8O2S. The van der Waals surface area contributed by atoms with Crippen LogP contribution in [0.25, 0.3) is 11.9 Å². The van der Waals surface area contributed by atoms with E-state index < -0.39 is 5.91 Å². The van der Waals surface area contributed by atoms with Crippen molar-refractivity contribution in [2.24, 2.45) is 5.10 Å². The summed E-state index contributed by atoms with van der Waals surface area (Å²) >= 11 is 1.51. The minimum Gasteiger partial charge on any atom is -0.378 e. The van der Waals surface area contributed by atoms with Crippen molar-refractivity contribution in [1.29, 1.82) is 0 Å². The van der Waals surface area contributed by atoms with Crippen molar-refractivity contribution in [2.75, 3.05) is 5.73 Å². The average Bonchev–Trinajstić information content (AvgIpc) is 3.44. The molecule has 0 saturated heterocycles. The molecule has 0 fully saturated rings. The molecule has 0 radical (unpaired) electrons. The lowest BCUT2D eigenvalue weighted by molar-refractivity contribution is 0.0949. The zero-order chi connectivity index (χ0) is 23.0. The summed E-state index contributed by atoms with van der Waals surface area (Å²) in [6.45, 7) is 1.89. The van der Waals surface area contributed by atoms with Crippen LogP contribution in [0.2, 0.25) is 0 Å². The fourth-order valence-electron chi connectivity index (χ4n) is 2.88. The van der Waals surface area contributed by atoms with Crippen LogP contribution in [-0.4, -0.2) is 37.4 Å². The zero-order valence-electron chi connectivity index (χ0n) is 17.6. The number of hydrogen-bond acceptors (Lipinski definition) is 9. The van der Waals surface area contributed by atoms with Crippen LogP contribution in [0.5, 0.6) is 0 Å². The SMILES string of the molecule is CC(/C=N/NC(=O)c1nnn(-c2nonc2N)c1CSc1ccccc1)=C\c1ccccc1. The molecule has 1 amide bonds. The van der Waals surface area contributed by atoms with Gasteiger partial charge in [0.15, 0.2) is 5.69 Å². The van der Waals surface area contributed by atoms with Gasteiger partial charge in [0.25, 0.3) is 5.91 Å². The number of allylic oxidation sites excluding steroid dienone is 1. The molecule has 2 aromatic heterocycles.